The number of rotatable bonds is 2. The third kappa shape index (κ3) is 1.91. The van der Waals surface area contributed by atoms with Crippen LogP contribution in [0.2, 0.25) is 0 Å². The molecule has 0 fully saturated rings. The van der Waals surface area contributed by atoms with E-state index in [1.807, 2.05) is 6.26 Å². The molecule has 1 heterocycles. The van der Waals surface area contributed by atoms with Crippen molar-refractivity contribution in [3.63, 3.8) is 0 Å². The van der Waals surface area contributed by atoms with Crippen LogP contribution in [0.4, 0.5) is 5.69 Å². The number of nitro groups is 1. The molecule has 0 amide bonds. The van der Waals surface area contributed by atoms with E-state index in [2.05, 4.69) is 4.98 Å². The highest BCUT2D eigenvalue weighted by Gasteiger charge is 2.10. The van der Waals surface area contributed by atoms with E-state index >= 15 is 0 Å². The second-order valence-electron chi connectivity index (χ2n) is 2.93. The molecular formula is C9H6N2O3S2. The zero-order valence-electron chi connectivity index (χ0n) is 8.17. The van der Waals surface area contributed by atoms with Crippen molar-refractivity contribution in [1.29, 1.82) is 0 Å². The van der Waals surface area contributed by atoms with Crippen LogP contribution in [-0.4, -0.2) is 16.2 Å². The minimum absolute atomic E-state index is 0.0875. The van der Waals surface area contributed by atoms with E-state index < -0.39 is 10.5 Å². The monoisotopic (exact) mass is 254 g/mol. The van der Waals surface area contributed by atoms with Gasteiger partial charge in [-0.1, -0.05) is 11.8 Å². The summed E-state index contributed by atoms with van der Waals surface area (Å²) in [4.78, 5) is 25.5. The Bertz CT molecular complexity index is 624. The minimum Gasteiger partial charge on any atom is -0.267 e. The summed E-state index contributed by atoms with van der Waals surface area (Å²) in [5, 5.41) is 10.9. The second-order valence-corrected chi connectivity index (χ2v) is 5.01. The van der Waals surface area contributed by atoms with Crippen LogP contribution in [0.5, 0.6) is 0 Å². The van der Waals surface area contributed by atoms with Gasteiger partial charge in [0.15, 0.2) is 4.34 Å². The van der Waals surface area contributed by atoms with Crippen LogP contribution in [-0.2, 0) is 0 Å². The summed E-state index contributed by atoms with van der Waals surface area (Å²) in [7, 11) is 0. The SMILES string of the molecule is CSc1nc(=O)c2cc([N+](=O)[O-])ccc2s1. The molecule has 2 aromatic rings. The number of hydrogen-bond acceptors (Lipinski definition) is 6. The molecule has 0 N–H and O–H groups in total. The number of non-ortho nitro benzene ring substituents is 1. The van der Waals surface area contributed by atoms with Gasteiger partial charge in [0, 0.05) is 16.8 Å². The second kappa shape index (κ2) is 4.18. The molecule has 0 aliphatic heterocycles. The molecule has 0 saturated carbocycles. The van der Waals surface area contributed by atoms with Crippen molar-refractivity contribution in [2.45, 2.75) is 4.34 Å². The molecule has 0 bridgehead atoms. The zero-order valence-corrected chi connectivity index (χ0v) is 9.80. The van der Waals surface area contributed by atoms with Gasteiger partial charge in [0.25, 0.3) is 11.2 Å². The number of benzene rings is 1. The third-order valence-electron chi connectivity index (χ3n) is 1.97. The summed E-state index contributed by atoms with van der Waals surface area (Å²) >= 11 is 2.73. The highest BCUT2D eigenvalue weighted by atomic mass is 32.2. The molecule has 2 rings (SSSR count). The quantitative estimate of drug-likeness (QED) is 0.467. The van der Waals surface area contributed by atoms with Gasteiger partial charge in [-0.25, -0.2) is 0 Å². The summed E-state index contributed by atoms with van der Waals surface area (Å²) in [6, 6.07) is 4.24. The van der Waals surface area contributed by atoms with Crippen LogP contribution in [0.25, 0.3) is 10.1 Å². The smallest absolute Gasteiger partial charge is 0.267 e. The van der Waals surface area contributed by atoms with Crippen molar-refractivity contribution in [2.75, 3.05) is 6.26 Å². The number of aromatic nitrogens is 1. The summed E-state index contributed by atoms with van der Waals surface area (Å²) in [6.07, 6.45) is 1.83. The molecule has 7 heteroatoms. The fourth-order valence-electron chi connectivity index (χ4n) is 1.23. The minimum atomic E-state index is -0.522. The van der Waals surface area contributed by atoms with Crippen LogP contribution < -0.4 is 5.56 Å². The molecule has 0 aliphatic rings. The molecule has 16 heavy (non-hydrogen) atoms. The lowest BCUT2D eigenvalue weighted by Crippen LogP contribution is -2.05. The number of nitro benzene ring substituents is 1. The Morgan fingerprint density at radius 1 is 1.50 bits per heavy atom. The van der Waals surface area contributed by atoms with E-state index in [-0.39, 0.29) is 5.69 Å². The average Bonchev–Trinajstić information content (AvgIpc) is 2.28. The molecule has 0 unspecified atom stereocenters. The maximum absolute atomic E-state index is 11.6. The normalized spacial score (nSPS) is 10.6. The van der Waals surface area contributed by atoms with E-state index in [0.717, 1.165) is 4.70 Å². The van der Waals surface area contributed by atoms with Crippen molar-refractivity contribution in [3.05, 3.63) is 38.7 Å². The van der Waals surface area contributed by atoms with Crippen molar-refractivity contribution in [1.82, 2.24) is 4.98 Å². The fraction of sp³-hybridized carbons (Fsp3) is 0.111. The van der Waals surface area contributed by atoms with E-state index in [0.29, 0.717) is 9.73 Å². The van der Waals surface area contributed by atoms with Gasteiger partial charge in [0.1, 0.15) is 0 Å². The zero-order chi connectivity index (χ0) is 11.7. The Hall–Kier alpha value is -1.47. The molecule has 1 aromatic heterocycles. The Labute approximate surface area is 98.3 Å². The maximum atomic E-state index is 11.6. The van der Waals surface area contributed by atoms with Crippen LogP contribution in [0.3, 0.4) is 0 Å². The van der Waals surface area contributed by atoms with Crippen LogP contribution in [0.1, 0.15) is 0 Å². The predicted octanol–water partition coefficient (Wildman–Crippen LogP) is 2.29. The van der Waals surface area contributed by atoms with Gasteiger partial charge in [-0.3, -0.25) is 14.9 Å². The molecule has 0 atom stereocenters. The number of hydrogen-bond donors (Lipinski definition) is 0. The highest BCUT2D eigenvalue weighted by Crippen LogP contribution is 2.25. The van der Waals surface area contributed by atoms with Gasteiger partial charge < -0.3 is 0 Å². The Balaban J connectivity index is 2.75. The first-order valence-electron chi connectivity index (χ1n) is 4.25. The van der Waals surface area contributed by atoms with Gasteiger partial charge in [0.2, 0.25) is 0 Å². The highest BCUT2D eigenvalue weighted by molar-refractivity contribution is 8.00. The van der Waals surface area contributed by atoms with Gasteiger partial charge >= 0.3 is 0 Å². The molecule has 0 spiro atoms. The van der Waals surface area contributed by atoms with Crippen LogP contribution >= 0.6 is 23.1 Å². The molecule has 1 aromatic carbocycles. The van der Waals surface area contributed by atoms with Gasteiger partial charge in [-0.15, -0.1) is 11.3 Å². The standard InChI is InChI=1S/C9H6N2O3S2/c1-15-9-10-8(12)6-4-5(11(13)14)2-3-7(6)16-9/h2-4H,1H3. The van der Waals surface area contributed by atoms with E-state index in [1.165, 1.54) is 35.2 Å². The lowest BCUT2D eigenvalue weighted by atomic mass is 10.2. The van der Waals surface area contributed by atoms with E-state index in [4.69, 9.17) is 0 Å². The first kappa shape index (κ1) is 11.0. The van der Waals surface area contributed by atoms with Crippen LogP contribution in [0.15, 0.2) is 27.3 Å². The lowest BCUT2D eigenvalue weighted by molar-refractivity contribution is -0.384. The Morgan fingerprint density at radius 3 is 2.88 bits per heavy atom. The van der Waals surface area contributed by atoms with Crippen molar-refractivity contribution >= 4 is 38.9 Å². The lowest BCUT2D eigenvalue weighted by Gasteiger charge is -1.98. The molecule has 0 radical (unpaired) electrons. The topological polar surface area (TPSA) is 73.1 Å². The molecule has 0 aliphatic carbocycles. The Morgan fingerprint density at radius 2 is 2.25 bits per heavy atom. The van der Waals surface area contributed by atoms with E-state index in [1.54, 1.807) is 6.07 Å². The van der Waals surface area contributed by atoms with Gasteiger partial charge in [0.05, 0.1) is 10.3 Å². The molecular weight excluding hydrogens is 248 g/mol. The number of fused-ring (bicyclic) bond motifs is 1. The summed E-state index contributed by atoms with van der Waals surface area (Å²) < 4.78 is 1.38. The maximum Gasteiger partial charge on any atom is 0.280 e. The van der Waals surface area contributed by atoms with Crippen LogP contribution in [0, 0.1) is 10.1 Å². The first-order chi connectivity index (χ1) is 7.61. The van der Waals surface area contributed by atoms with Crippen molar-refractivity contribution in [3.8, 4) is 0 Å². The number of thioether (sulfide) groups is 1. The largest absolute Gasteiger partial charge is 0.280 e. The van der Waals surface area contributed by atoms with E-state index in [9.17, 15) is 14.9 Å². The summed E-state index contributed by atoms with van der Waals surface area (Å²) in [5.74, 6) is 0. The molecule has 82 valence electrons. The first-order valence-corrected chi connectivity index (χ1v) is 6.29. The predicted molar refractivity (Wildman–Crippen MR) is 64.3 cm³/mol. The summed E-state index contributed by atoms with van der Waals surface area (Å²) in [5.41, 5.74) is -0.502. The van der Waals surface area contributed by atoms with Crippen molar-refractivity contribution < 1.29 is 4.92 Å². The Kier molecular flexibility index (Phi) is 2.88. The third-order valence-corrected chi connectivity index (χ3v) is 4.00. The fourth-order valence-corrected chi connectivity index (χ4v) is 2.72. The average molecular weight is 254 g/mol. The summed E-state index contributed by atoms with van der Waals surface area (Å²) in [6.45, 7) is 0. The van der Waals surface area contributed by atoms with Gasteiger partial charge in [-0.05, 0) is 12.3 Å². The molecule has 5 nitrogen and oxygen atoms in total. The van der Waals surface area contributed by atoms with Gasteiger partial charge in [-0.2, -0.15) is 4.98 Å². The molecule has 0 saturated heterocycles. The van der Waals surface area contributed by atoms with Crippen molar-refractivity contribution in [2.24, 2.45) is 0 Å². The number of nitrogens with zero attached hydrogens (tertiary/aromatic N) is 2.